The minimum atomic E-state index is 0.480. The molecule has 3 aromatic carbocycles. The fourth-order valence-corrected chi connectivity index (χ4v) is 3.27. The smallest absolute Gasteiger partial charge is 0.124 e. The number of hydrogen-bond acceptors (Lipinski definition) is 2. The first-order valence-corrected chi connectivity index (χ1v) is 9.72. The van der Waals surface area contributed by atoms with Gasteiger partial charge in [-0.2, -0.15) is 0 Å². The van der Waals surface area contributed by atoms with E-state index in [0.29, 0.717) is 18.2 Å². The molecule has 0 aliphatic heterocycles. The van der Waals surface area contributed by atoms with E-state index in [9.17, 15) is 0 Å². The quantitative estimate of drug-likeness (QED) is 0.407. The Hall–Kier alpha value is -1.49. The Bertz CT molecular complexity index is 853. The summed E-state index contributed by atoms with van der Waals surface area (Å²) in [5.74, 6) is 0.854. The van der Waals surface area contributed by atoms with Crippen LogP contribution >= 0.6 is 43.5 Å². The Morgan fingerprint density at radius 1 is 0.880 bits per heavy atom. The van der Waals surface area contributed by atoms with Crippen LogP contribution in [0.3, 0.4) is 0 Å². The molecule has 3 rings (SSSR count). The second-order valence-electron chi connectivity index (χ2n) is 5.53. The monoisotopic (exact) mass is 479 g/mol. The standard InChI is InChI=1S/C20H16Br2ClNO/c21-16-4-7-19(8-5-16)24-12-15-11-17(22)6-9-20(15)25-13-14-2-1-3-18(23)10-14/h1-11,24H,12-13H2. The third kappa shape index (κ3) is 5.50. The topological polar surface area (TPSA) is 21.3 Å². The summed E-state index contributed by atoms with van der Waals surface area (Å²) in [6, 6.07) is 21.8. The van der Waals surface area contributed by atoms with Crippen LogP contribution < -0.4 is 10.1 Å². The molecule has 0 unspecified atom stereocenters. The van der Waals surface area contributed by atoms with Gasteiger partial charge in [-0.05, 0) is 60.2 Å². The molecule has 5 heteroatoms. The van der Waals surface area contributed by atoms with Crippen molar-refractivity contribution in [3.05, 3.63) is 91.8 Å². The highest BCUT2D eigenvalue weighted by molar-refractivity contribution is 9.10. The zero-order valence-electron chi connectivity index (χ0n) is 13.3. The van der Waals surface area contributed by atoms with Crippen LogP contribution in [0.15, 0.2) is 75.7 Å². The minimum Gasteiger partial charge on any atom is -0.489 e. The summed E-state index contributed by atoms with van der Waals surface area (Å²) < 4.78 is 8.10. The Kier molecular flexibility index (Phi) is 6.40. The van der Waals surface area contributed by atoms with Crippen molar-refractivity contribution in [3.63, 3.8) is 0 Å². The van der Waals surface area contributed by atoms with E-state index in [2.05, 4.69) is 43.2 Å². The molecule has 1 N–H and O–H groups in total. The molecule has 128 valence electrons. The number of rotatable bonds is 6. The van der Waals surface area contributed by atoms with E-state index >= 15 is 0 Å². The SMILES string of the molecule is Clc1cccc(COc2ccc(Br)cc2CNc2ccc(Br)cc2)c1. The van der Waals surface area contributed by atoms with Crippen molar-refractivity contribution in [1.29, 1.82) is 0 Å². The molecule has 0 heterocycles. The lowest BCUT2D eigenvalue weighted by Gasteiger charge is -2.14. The fourth-order valence-electron chi connectivity index (χ4n) is 2.38. The van der Waals surface area contributed by atoms with Gasteiger partial charge < -0.3 is 10.1 Å². The van der Waals surface area contributed by atoms with Crippen LogP contribution in [0.1, 0.15) is 11.1 Å². The summed E-state index contributed by atoms with van der Waals surface area (Å²) in [5.41, 5.74) is 3.19. The van der Waals surface area contributed by atoms with Gasteiger partial charge in [0, 0.05) is 31.8 Å². The Morgan fingerprint density at radius 3 is 2.40 bits per heavy atom. The molecule has 0 aromatic heterocycles. The van der Waals surface area contributed by atoms with Gasteiger partial charge in [-0.1, -0.05) is 55.6 Å². The van der Waals surface area contributed by atoms with Crippen LogP contribution in [-0.2, 0) is 13.2 Å². The lowest BCUT2D eigenvalue weighted by atomic mass is 10.2. The molecule has 0 amide bonds. The van der Waals surface area contributed by atoms with Crippen LogP contribution in [0.2, 0.25) is 5.02 Å². The summed E-state index contributed by atoms with van der Waals surface area (Å²) in [4.78, 5) is 0. The van der Waals surface area contributed by atoms with E-state index in [-0.39, 0.29) is 0 Å². The van der Waals surface area contributed by atoms with E-state index < -0.39 is 0 Å². The molecular formula is C20H16Br2ClNO. The van der Waals surface area contributed by atoms with Gasteiger partial charge >= 0.3 is 0 Å². The highest BCUT2D eigenvalue weighted by Crippen LogP contribution is 2.26. The van der Waals surface area contributed by atoms with Crippen molar-refractivity contribution in [2.75, 3.05) is 5.32 Å². The molecule has 0 aliphatic carbocycles. The predicted molar refractivity (Wildman–Crippen MR) is 111 cm³/mol. The number of hydrogen-bond donors (Lipinski definition) is 1. The Morgan fingerprint density at radius 2 is 1.64 bits per heavy atom. The summed E-state index contributed by atoms with van der Waals surface area (Å²) in [6.45, 7) is 1.15. The van der Waals surface area contributed by atoms with Gasteiger partial charge in [0.25, 0.3) is 0 Å². The van der Waals surface area contributed by atoms with E-state index in [0.717, 1.165) is 31.5 Å². The zero-order valence-corrected chi connectivity index (χ0v) is 17.2. The van der Waals surface area contributed by atoms with Crippen LogP contribution in [-0.4, -0.2) is 0 Å². The summed E-state index contributed by atoms with van der Waals surface area (Å²) >= 11 is 13.0. The van der Waals surface area contributed by atoms with Gasteiger partial charge in [-0.3, -0.25) is 0 Å². The third-order valence-corrected chi connectivity index (χ3v) is 4.89. The fraction of sp³-hybridized carbons (Fsp3) is 0.100. The Balaban J connectivity index is 1.70. The maximum Gasteiger partial charge on any atom is 0.124 e. The first kappa shape index (κ1) is 18.3. The highest BCUT2D eigenvalue weighted by atomic mass is 79.9. The number of halogens is 3. The zero-order chi connectivity index (χ0) is 17.6. The lowest BCUT2D eigenvalue weighted by molar-refractivity contribution is 0.303. The number of ether oxygens (including phenoxy) is 1. The molecule has 0 bridgehead atoms. The number of benzene rings is 3. The van der Waals surface area contributed by atoms with Gasteiger partial charge in [0.2, 0.25) is 0 Å². The van der Waals surface area contributed by atoms with Gasteiger partial charge in [-0.25, -0.2) is 0 Å². The molecule has 2 nitrogen and oxygen atoms in total. The first-order chi connectivity index (χ1) is 12.1. The largest absolute Gasteiger partial charge is 0.489 e. The predicted octanol–water partition coefficient (Wildman–Crippen LogP) is 7.06. The van der Waals surface area contributed by atoms with E-state index in [1.165, 1.54) is 0 Å². The molecule has 0 saturated heterocycles. The third-order valence-electron chi connectivity index (χ3n) is 3.63. The lowest BCUT2D eigenvalue weighted by Crippen LogP contribution is -2.04. The van der Waals surface area contributed by atoms with E-state index in [4.69, 9.17) is 16.3 Å². The van der Waals surface area contributed by atoms with Crippen LogP contribution in [0.4, 0.5) is 5.69 Å². The molecule has 0 saturated carbocycles. The molecular weight excluding hydrogens is 465 g/mol. The van der Waals surface area contributed by atoms with Gasteiger partial charge in [0.05, 0.1) is 0 Å². The van der Waals surface area contributed by atoms with Crippen LogP contribution in [0.25, 0.3) is 0 Å². The summed E-state index contributed by atoms with van der Waals surface area (Å²) in [6.07, 6.45) is 0. The molecule has 3 aromatic rings. The second kappa shape index (κ2) is 8.75. The van der Waals surface area contributed by atoms with E-state index in [1.54, 1.807) is 0 Å². The maximum atomic E-state index is 6.03. The van der Waals surface area contributed by atoms with Gasteiger partial charge in [-0.15, -0.1) is 0 Å². The van der Waals surface area contributed by atoms with Crippen molar-refractivity contribution < 1.29 is 4.74 Å². The number of anilines is 1. The molecule has 0 fully saturated rings. The van der Waals surface area contributed by atoms with Gasteiger partial charge in [0.15, 0.2) is 0 Å². The maximum absolute atomic E-state index is 6.03. The van der Waals surface area contributed by atoms with E-state index in [1.807, 2.05) is 60.7 Å². The Labute approximate surface area is 169 Å². The minimum absolute atomic E-state index is 0.480. The average Bonchev–Trinajstić information content (AvgIpc) is 2.60. The normalized spacial score (nSPS) is 10.5. The van der Waals surface area contributed by atoms with Crippen LogP contribution in [0.5, 0.6) is 5.75 Å². The average molecular weight is 482 g/mol. The van der Waals surface area contributed by atoms with Crippen molar-refractivity contribution in [3.8, 4) is 5.75 Å². The number of nitrogens with one attached hydrogen (secondary N) is 1. The van der Waals surface area contributed by atoms with Crippen molar-refractivity contribution in [2.24, 2.45) is 0 Å². The molecule has 0 atom stereocenters. The molecule has 0 spiro atoms. The highest BCUT2D eigenvalue weighted by Gasteiger charge is 2.06. The van der Waals surface area contributed by atoms with Crippen molar-refractivity contribution in [1.82, 2.24) is 0 Å². The van der Waals surface area contributed by atoms with Crippen molar-refractivity contribution >= 4 is 49.1 Å². The van der Waals surface area contributed by atoms with Crippen LogP contribution in [0, 0.1) is 0 Å². The molecule has 25 heavy (non-hydrogen) atoms. The molecule has 0 radical (unpaired) electrons. The first-order valence-electron chi connectivity index (χ1n) is 7.75. The second-order valence-corrected chi connectivity index (χ2v) is 7.80. The summed E-state index contributed by atoms with van der Waals surface area (Å²) in [7, 11) is 0. The van der Waals surface area contributed by atoms with Gasteiger partial charge in [0.1, 0.15) is 12.4 Å². The molecule has 0 aliphatic rings. The van der Waals surface area contributed by atoms with Crippen molar-refractivity contribution in [2.45, 2.75) is 13.2 Å². The summed E-state index contributed by atoms with van der Waals surface area (Å²) in [5, 5.41) is 4.14.